The second kappa shape index (κ2) is 5.31. The zero-order chi connectivity index (χ0) is 13.0. The monoisotopic (exact) mass is 240 g/mol. The average molecular weight is 240 g/mol. The van der Waals surface area contributed by atoms with Gasteiger partial charge in [-0.2, -0.15) is 0 Å². The number of hydrogen-bond donors (Lipinski definition) is 0. The summed E-state index contributed by atoms with van der Waals surface area (Å²) in [7, 11) is 0. The smallest absolute Gasteiger partial charge is 0.170 e. The van der Waals surface area contributed by atoms with E-state index in [0.717, 1.165) is 0 Å². The van der Waals surface area contributed by atoms with Crippen molar-refractivity contribution in [2.75, 3.05) is 0 Å². The fourth-order valence-corrected chi connectivity index (χ4v) is 1.59. The van der Waals surface area contributed by atoms with Crippen LogP contribution in [-0.2, 0) is 6.42 Å². The summed E-state index contributed by atoms with van der Waals surface area (Å²) < 4.78 is 0. The van der Waals surface area contributed by atoms with E-state index in [0.29, 0.717) is 16.8 Å². The molecular formula is C14H12N2O2. The Morgan fingerprint density at radius 1 is 1.17 bits per heavy atom. The SMILES string of the molecule is CC(=O)c1ccnc(CC(=O)c2cccnc2)c1. The van der Waals surface area contributed by atoms with Crippen LogP contribution in [0, 0.1) is 0 Å². The van der Waals surface area contributed by atoms with Crippen LogP contribution in [0.3, 0.4) is 0 Å². The molecule has 4 heteroatoms. The van der Waals surface area contributed by atoms with Crippen molar-refractivity contribution in [2.24, 2.45) is 0 Å². The summed E-state index contributed by atoms with van der Waals surface area (Å²) in [6, 6.07) is 6.72. The van der Waals surface area contributed by atoms with Gasteiger partial charge in [-0.3, -0.25) is 19.6 Å². The molecule has 0 saturated carbocycles. The number of Topliss-reactive ketones (excluding diaryl/α,β-unsaturated/α-hetero) is 2. The van der Waals surface area contributed by atoms with E-state index in [4.69, 9.17) is 0 Å². The molecule has 4 nitrogen and oxygen atoms in total. The fraction of sp³-hybridized carbons (Fsp3) is 0.143. The third-order valence-corrected chi connectivity index (χ3v) is 2.55. The molecule has 0 amide bonds. The molecule has 0 fully saturated rings. The summed E-state index contributed by atoms with van der Waals surface area (Å²) in [4.78, 5) is 31.2. The number of ketones is 2. The lowest BCUT2D eigenvalue weighted by molar-refractivity contribution is 0.0986. The minimum Gasteiger partial charge on any atom is -0.295 e. The fourth-order valence-electron chi connectivity index (χ4n) is 1.59. The molecule has 0 aromatic carbocycles. The van der Waals surface area contributed by atoms with Crippen LogP contribution in [0.2, 0.25) is 0 Å². The van der Waals surface area contributed by atoms with Gasteiger partial charge in [-0.25, -0.2) is 0 Å². The minimum absolute atomic E-state index is 0.0347. The first-order chi connectivity index (χ1) is 8.66. The van der Waals surface area contributed by atoms with E-state index in [1.165, 1.54) is 13.1 Å². The van der Waals surface area contributed by atoms with Crippen molar-refractivity contribution in [2.45, 2.75) is 13.3 Å². The van der Waals surface area contributed by atoms with Gasteiger partial charge in [0.2, 0.25) is 0 Å². The van der Waals surface area contributed by atoms with Crippen LogP contribution in [0.5, 0.6) is 0 Å². The first-order valence-electron chi connectivity index (χ1n) is 5.56. The van der Waals surface area contributed by atoms with Gasteiger partial charge in [0.05, 0.1) is 6.42 Å². The van der Waals surface area contributed by atoms with Gasteiger partial charge in [0.25, 0.3) is 0 Å². The van der Waals surface area contributed by atoms with Crippen molar-refractivity contribution in [1.82, 2.24) is 9.97 Å². The Balaban J connectivity index is 2.17. The van der Waals surface area contributed by atoms with E-state index < -0.39 is 0 Å². The molecule has 2 aromatic rings. The maximum absolute atomic E-state index is 11.9. The summed E-state index contributed by atoms with van der Waals surface area (Å²) in [5.74, 6) is -0.0937. The standard InChI is InChI=1S/C14H12N2O2/c1-10(17)11-4-6-16-13(7-11)8-14(18)12-3-2-5-15-9-12/h2-7,9H,8H2,1H3. The first-order valence-corrected chi connectivity index (χ1v) is 5.56. The number of rotatable bonds is 4. The molecule has 0 spiro atoms. The lowest BCUT2D eigenvalue weighted by Crippen LogP contribution is -2.06. The molecule has 0 saturated heterocycles. The zero-order valence-corrected chi connectivity index (χ0v) is 9.96. The molecule has 0 unspecified atom stereocenters. The van der Waals surface area contributed by atoms with E-state index >= 15 is 0 Å². The molecule has 2 rings (SSSR count). The van der Waals surface area contributed by atoms with Crippen LogP contribution >= 0.6 is 0 Å². The largest absolute Gasteiger partial charge is 0.295 e. The third-order valence-electron chi connectivity index (χ3n) is 2.55. The Hall–Kier alpha value is -2.36. The second-order valence-electron chi connectivity index (χ2n) is 3.93. The summed E-state index contributed by atoms with van der Waals surface area (Å²) in [5.41, 5.74) is 1.71. The van der Waals surface area contributed by atoms with Crippen LogP contribution in [0.25, 0.3) is 0 Å². The lowest BCUT2D eigenvalue weighted by Gasteiger charge is -2.02. The Kier molecular flexibility index (Phi) is 3.57. The number of carbonyl (C=O) groups is 2. The molecule has 0 atom stereocenters. The lowest BCUT2D eigenvalue weighted by atomic mass is 10.1. The predicted molar refractivity (Wildman–Crippen MR) is 66.5 cm³/mol. The van der Waals surface area contributed by atoms with E-state index in [2.05, 4.69) is 9.97 Å². The number of nitrogens with zero attached hydrogens (tertiary/aromatic N) is 2. The van der Waals surface area contributed by atoms with Gasteiger partial charge in [-0.05, 0) is 31.2 Å². The van der Waals surface area contributed by atoms with E-state index in [9.17, 15) is 9.59 Å². The molecule has 0 aliphatic heterocycles. The van der Waals surface area contributed by atoms with E-state index in [-0.39, 0.29) is 18.0 Å². The number of hydrogen-bond acceptors (Lipinski definition) is 4. The summed E-state index contributed by atoms with van der Waals surface area (Å²) in [6.07, 6.45) is 4.86. The van der Waals surface area contributed by atoms with Gasteiger partial charge < -0.3 is 0 Å². The Labute approximate surface area is 105 Å². The van der Waals surface area contributed by atoms with Gasteiger partial charge in [0.15, 0.2) is 11.6 Å². The van der Waals surface area contributed by atoms with Gasteiger partial charge in [-0.1, -0.05) is 0 Å². The highest BCUT2D eigenvalue weighted by atomic mass is 16.1. The second-order valence-corrected chi connectivity index (χ2v) is 3.93. The normalized spacial score (nSPS) is 10.1. The summed E-state index contributed by atoms with van der Waals surface area (Å²) in [6.45, 7) is 1.49. The summed E-state index contributed by atoms with van der Waals surface area (Å²) in [5, 5.41) is 0. The van der Waals surface area contributed by atoms with Crippen LogP contribution in [-0.4, -0.2) is 21.5 Å². The topological polar surface area (TPSA) is 59.9 Å². The van der Waals surface area contributed by atoms with Crippen LogP contribution in [0.4, 0.5) is 0 Å². The van der Waals surface area contributed by atoms with Crippen molar-refractivity contribution in [3.8, 4) is 0 Å². The molecule has 0 aliphatic carbocycles. The van der Waals surface area contributed by atoms with E-state index in [1.54, 1.807) is 36.7 Å². The molecule has 0 aliphatic rings. The van der Waals surface area contributed by atoms with Gasteiger partial charge in [0.1, 0.15) is 0 Å². The van der Waals surface area contributed by atoms with Crippen molar-refractivity contribution < 1.29 is 9.59 Å². The Morgan fingerprint density at radius 2 is 2.00 bits per heavy atom. The Morgan fingerprint density at radius 3 is 2.67 bits per heavy atom. The van der Waals surface area contributed by atoms with Crippen LogP contribution < -0.4 is 0 Å². The summed E-state index contributed by atoms with van der Waals surface area (Å²) >= 11 is 0. The predicted octanol–water partition coefficient (Wildman–Crippen LogP) is 2.10. The van der Waals surface area contributed by atoms with Gasteiger partial charge >= 0.3 is 0 Å². The number of carbonyl (C=O) groups excluding carboxylic acids is 2. The van der Waals surface area contributed by atoms with Crippen molar-refractivity contribution >= 4 is 11.6 Å². The van der Waals surface area contributed by atoms with Crippen LogP contribution in [0.1, 0.15) is 33.3 Å². The molecule has 18 heavy (non-hydrogen) atoms. The van der Waals surface area contributed by atoms with Gasteiger partial charge in [-0.15, -0.1) is 0 Å². The first kappa shape index (κ1) is 12.1. The molecule has 0 bridgehead atoms. The average Bonchev–Trinajstić information content (AvgIpc) is 2.40. The minimum atomic E-state index is -0.0590. The molecule has 2 aromatic heterocycles. The molecule has 0 N–H and O–H groups in total. The zero-order valence-electron chi connectivity index (χ0n) is 9.96. The number of aromatic nitrogens is 2. The van der Waals surface area contributed by atoms with Crippen LogP contribution in [0.15, 0.2) is 42.9 Å². The van der Waals surface area contributed by atoms with Crippen molar-refractivity contribution in [1.29, 1.82) is 0 Å². The maximum atomic E-state index is 11.9. The van der Waals surface area contributed by atoms with Gasteiger partial charge in [0, 0.05) is 35.4 Å². The Bertz CT molecular complexity index is 579. The molecule has 90 valence electrons. The third kappa shape index (κ3) is 2.85. The highest BCUT2D eigenvalue weighted by Gasteiger charge is 2.09. The highest BCUT2D eigenvalue weighted by Crippen LogP contribution is 2.07. The molecule has 0 radical (unpaired) electrons. The quantitative estimate of drug-likeness (QED) is 0.768. The van der Waals surface area contributed by atoms with E-state index in [1.807, 2.05) is 0 Å². The molecule has 2 heterocycles. The van der Waals surface area contributed by atoms with Crippen molar-refractivity contribution in [3.05, 3.63) is 59.7 Å². The number of pyridine rings is 2. The maximum Gasteiger partial charge on any atom is 0.170 e. The highest BCUT2D eigenvalue weighted by molar-refractivity contribution is 5.97. The molecular weight excluding hydrogens is 228 g/mol. The van der Waals surface area contributed by atoms with Crippen molar-refractivity contribution in [3.63, 3.8) is 0 Å².